The first-order valence-electron chi connectivity index (χ1n) is 9.60. The van der Waals surface area contributed by atoms with E-state index in [0.717, 1.165) is 16.8 Å². The fourth-order valence-electron chi connectivity index (χ4n) is 3.16. The van der Waals surface area contributed by atoms with Crippen LogP contribution >= 0.6 is 11.6 Å². The third kappa shape index (κ3) is 4.69. The molecule has 0 saturated heterocycles. The molecule has 3 rings (SSSR count). The molecule has 152 valence electrons. The molecule has 2 aromatic rings. The zero-order valence-electron chi connectivity index (χ0n) is 17.1. The maximum absolute atomic E-state index is 13.1. The van der Waals surface area contributed by atoms with Crippen molar-refractivity contribution in [3.8, 4) is 0 Å². The van der Waals surface area contributed by atoms with Gasteiger partial charge in [-0.1, -0.05) is 35.9 Å². The Kier molecular flexibility index (Phi) is 6.40. The molecule has 0 aliphatic carbocycles. The maximum Gasteiger partial charge on any atom is 0.278 e. The lowest BCUT2D eigenvalue weighted by Crippen LogP contribution is -2.35. The minimum absolute atomic E-state index is 0.0269. The van der Waals surface area contributed by atoms with Gasteiger partial charge in [0.15, 0.2) is 0 Å². The Morgan fingerprint density at radius 2 is 1.72 bits per heavy atom. The maximum atomic E-state index is 13.1. The first kappa shape index (κ1) is 21.1. The normalized spacial score (nSPS) is 14.3. The number of carbonyl (C=O) groups is 2. The monoisotopic (exact) mass is 412 g/mol. The molecule has 0 radical (unpaired) electrons. The summed E-state index contributed by atoms with van der Waals surface area (Å²) in [5.41, 5.74) is 4.11. The van der Waals surface area contributed by atoms with E-state index in [2.05, 4.69) is 5.32 Å². The molecular formula is C23H25ClN2O3. The highest BCUT2D eigenvalue weighted by Crippen LogP contribution is 2.32. The van der Waals surface area contributed by atoms with Crippen molar-refractivity contribution < 1.29 is 14.3 Å². The van der Waals surface area contributed by atoms with Crippen LogP contribution in [0.3, 0.4) is 0 Å². The molecule has 0 unspecified atom stereocenters. The molecular weight excluding hydrogens is 388 g/mol. The van der Waals surface area contributed by atoms with Gasteiger partial charge in [0.2, 0.25) is 0 Å². The van der Waals surface area contributed by atoms with E-state index < -0.39 is 0 Å². The van der Waals surface area contributed by atoms with Crippen LogP contribution in [0.15, 0.2) is 48.2 Å². The van der Waals surface area contributed by atoms with Crippen LogP contribution in [-0.2, 0) is 14.3 Å². The number of nitrogens with one attached hydrogen (secondary N) is 1. The van der Waals surface area contributed by atoms with Gasteiger partial charge in [-0.15, -0.1) is 0 Å². The zero-order chi connectivity index (χ0) is 21.1. The number of carbonyl (C=O) groups excluding carboxylic acids is 2. The van der Waals surface area contributed by atoms with Crippen LogP contribution < -0.4 is 5.32 Å². The van der Waals surface area contributed by atoms with Crippen LogP contribution in [-0.4, -0.2) is 36.0 Å². The van der Waals surface area contributed by atoms with E-state index >= 15 is 0 Å². The van der Waals surface area contributed by atoms with Crippen LogP contribution in [0.4, 0.5) is 5.69 Å². The molecule has 0 aromatic heterocycles. The van der Waals surface area contributed by atoms with Gasteiger partial charge in [0, 0.05) is 10.7 Å². The van der Waals surface area contributed by atoms with E-state index in [1.54, 1.807) is 24.3 Å². The lowest BCUT2D eigenvalue weighted by molar-refractivity contribution is -0.137. The van der Waals surface area contributed by atoms with Crippen LogP contribution in [0.2, 0.25) is 5.02 Å². The van der Waals surface area contributed by atoms with Crippen molar-refractivity contribution in [2.24, 2.45) is 0 Å². The minimum Gasteiger partial charge on any atom is -0.377 e. The van der Waals surface area contributed by atoms with Gasteiger partial charge in [0.05, 0.1) is 24.8 Å². The van der Waals surface area contributed by atoms with Crippen molar-refractivity contribution in [1.82, 2.24) is 4.90 Å². The highest BCUT2D eigenvalue weighted by Gasteiger charge is 2.39. The van der Waals surface area contributed by atoms with Crippen molar-refractivity contribution in [2.45, 2.75) is 33.8 Å². The molecule has 0 bridgehead atoms. The largest absolute Gasteiger partial charge is 0.377 e. The van der Waals surface area contributed by atoms with Crippen molar-refractivity contribution in [2.75, 3.05) is 18.5 Å². The summed E-state index contributed by atoms with van der Waals surface area (Å²) in [5.74, 6) is -0.689. The van der Waals surface area contributed by atoms with Crippen molar-refractivity contribution in [3.05, 3.63) is 69.9 Å². The molecule has 5 nitrogen and oxygen atoms in total. The molecule has 2 aromatic carbocycles. The lowest BCUT2D eigenvalue weighted by Gasteiger charge is -2.17. The van der Waals surface area contributed by atoms with Crippen LogP contribution in [0.25, 0.3) is 5.57 Å². The van der Waals surface area contributed by atoms with Gasteiger partial charge in [0.25, 0.3) is 11.8 Å². The number of ether oxygens (including phenoxy) is 1. The van der Waals surface area contributed by atoms with Crippen molar-refractivity contribution in [1.29, 1.82) is 0 Å². The van der Waals surface area contributed by atoms with Gasteiger partial charge in [-0.2, -0.15) is 0 Å². The molecule has 1 heterocycles. The number of anilines is 1. The fraction of sp³-hybridized carbons (Fsp3) is 0.304. The molecule has 1 N–H and O–H groups in total. The highest BCUT2D eigenvalue weighted by atomic mass is 35.5. The summed E-state index contributed by atoms with van der Waals surface area (Å²) in [6.07, 6.45) is 0.0269. The average molecular weight is 413 g/mol. The Morgan fingerprint density at radius 3 is 2.38 bits per heavy atom. The predicted molar refractivity (Wildman–Crippen MR) is 116 cm³/mol. The van der Waals surface area contributed by atoms with Gasteiger partial charge < -0.3 is 10.1 Å². The topological polar surface area (TPSA) is 58.6 Å². The number of halogens is 1. The zero-order valence-corrected chi connectivity index (χ0v) is 17.8. The molecule has 6 heteroatoms. The average Bonchev–Trinajstić information content (AvgIpc) is 2.89. The molecule has 0 saturated carbocycles. The third-order valence-corrected chi connectivity index (χ3v) is 4.97. The quantitative estimate of drug-likeness (QED) is 0.676. The SMILES string of the molecule is Cc1ccc(C)c(NC2=C(c3ccc(Cl)cc3)C(=O)N(CCOC(C)C)C2=O)c1. The number of benzene rings is 2. The standard InChI is InChI=1S/C23H25ClN2O3/c1-14(2)29-12-11-26-22(27)20(17-7-9-18(24)10-8-17)21(23(26)28)25-19-13-15(3)5-6-16(19)4/h5-10,13-14,25H,11-12H2,1-4H3. The Labute approximate surface area is 176 Å². The van der Waals surface area contributed by atoms with E-state index in [9.17, 15) is 9.59 Å². The fourth-order valence-corrected chi connectivity index (χ4v) is 3.29. The van der Waals surface area contributed by atoms with Gasteiger partial charge >= 0.3 is 0 Å². The first-order valence-corrected chi connectivity index (χ1v) is 9.98. The summed E-state index contributed by atoms with van der Waals surface area (Å²) in [5, 5.41) is 3.78. The van der Waals surface area contributed by atoms with Gasteiger partial charge in [-0.25, -0.2) is 0 Å². The summed E-state index contributed by atoms with van der Waals surface area (Å²) in [4.78, 5) is 27.5. The molecule has 0 atom stereocenters. The summed E-state index contributed by atoms with van der Waals surface area (Å²) >= 11 is 6.00. The molecule has 0 fully saturated rings. The second kappa shape index (κ2) is 8.80. The van der Waals surface area contributed by atoms with E-state index in [1.165, 1.54) is 4.90 Å². The number of nitrogens with zero attached hydrogens (tertiary/aromatic N) is 1. The number of hydrogen-bond donors (Lipinski definition) is 1. The molecule has 0 spiro atoms. The number of rotatable bonds is 7. The lowest BCUT2D eigenvalue weighted by atomic mass is 10.0. The van der Waals surface area contributed by atoms with Crippen molar-refractivity contribution in [3.63, 3.8) is 0 Å². The van der Waals surface area contributed by atoms with Gasteiger partial charge in [-0.05, 0) is 62.6 Å². The van der Waals surface area contributed by atoms with Crippen LogP contribution in [0.1, 0.15) is 30.5 Å². The Bertz CT molecular complexity index is 965. The number of aryl methyl sites for hydroxylation is 2. The Balaban J connectivity index is 1.99. The third-order valence-electron chi connectivity index (χ3n) is 4.72. The smallest absolute Gasteiger partial charge is 0.278 e. The number of amides is 2. The van der Waals surface area contributed by atoms with Gasteiger partial charge in [0.1, 0.15) is 5.70 Å². The van der Waals surface area contributed by atoms with Crippen molar-refractivity contribution >= 4 is 34.7 Å². The first-order chi connectivity index (χ1) is 13.8. The van der Waals surface area contributed by atoms with Crippen LogP contribution in [0, 0.1) is 13.8 Å². The minimum atomic E-state index is -0.354. The molecule has 29 heavy (non-hydrogen) atoms. The van der Waals surface area contributed by atoms with E-state index in [0.29, 0.717) is 22.8 Å². The van der Waals surface area contributed by atoms with Gasteiger partial charge in [-0.3, -0.25) is 14.5 Å². The Hall–Kier alpha value is -2.63. The number of hydrogen-bond acceptors (Lipinski definition) is 4. The number of imide groups is 1. The van der Waals surface area contributed by atoms with E-state index in [-0.39, 0.29) is 30.2 Å². The highest BCUT2D eigenvalue weighted by molar-refractivity contribution is 6.37. The molecule has 1 aliphatic heterocycles. The second-order valence-corrected chi connectivity index (χ2v) is 7.82. The predicted octanol–water partition coefficient (Wildman–Crippen LogP) is 4.57. The summed E-state index contributed by atoms with van der Waals surface area (Å²) in [7, 11) is 0. The second-order valence-electron chi connectivity index (χ2n) is 7.38. The molecule has 1 aliphatic rings. The van der Waals surface area contributed by atoms with E-state index in [4.69, 9.17) is 16.3 Å². The van der Waals surface area contributed by atoms with Crippen LogP contribution in [0.5, 0.6) is 0 Å². The summed E-state index contributed by atoms with van der Waals surface area (Å²) in [6, 6.07) is 12.9. The summed E-state index contributed by atoms with van der Waals surface area (Å²) in [6.45, 7) is 8.26. The Morgan fingerprint density at radius 1 is 1.03 bits per heavy atom. The summed E-state index contributed by atoms with van der Waals surface area (Å²) < 4.78 is 5.54. The van der Waals surface area contributed by atoms with E-state index in [1.807, 2.05) is 45.9 Å². The molecule has 2 amide bonds.